The van der Waals surface area contributed by atoms with Crippen molar-refractivity contribution in [2.24, 2.45) is 0 Å². The summed E-state index contributed by atoms with van der Waals surface area (Å²) >= 11 is 0. The maximum Gasteiger partial charge on any atom is 0.204 e. The first-order valence-electron chi connectivity index (χ1n) is 11.0. The van der Waals surface area contributed by atoms with E-state index in [9.17, 15) is 0 Å². The fraction of sp³-hybridized carbons (Fsp3) is 0.636. The van der Waals surface area contributed by atoms with Crippen molar-refractivity contribution in [3.63, 3.8) is 0 Å². The van der Waals surface area contributed by atoms with Gasteiger partial charge in [0, 0.05) is 45.3 Å². The number of hydrogen-bond acceptors (Lipinski definition) is 9. The Hall–Kier alpha value is -2.36. The molecule has 1 aromatic carbocycles. The van der Waals surface area contributed by atoms with Crippen LogP contribution in [-0.4, -0.2) is 107 Å². The van der Waals surface area contributed by atoms with Crippen LogP contribution in [0.5, 0.6) is 17.2 Å². The second kappa shape index (κ2) is 10.3. The normalized spacial score (nSPS) is 18.4. The monoisotopic (exact) mass is 431 g/mol. The average Bonchev–Trinajstić information content (AvgIpc) is 2.83. The van der Waals surface area contributed by atoms with E-state index in [1.54, 1.807) is 27.7 Å². The van der Waals surface area contributed by atoms with E-state index in [1.807, 2.05) is 6.07 Å². The lowest BCUT2D eigenvalue weighted by Crippen LogP contribution is -2.47. The standard InChI is InChI=1S/C22H33N5O4/c1-28-18-15-17-19(21(30-3)20(18)29-2)22(24-16-23-17)27-9-7-25(8-10-27)5-4-6-26-11-13-31-14-12-26/h15-16H,4-14H2,1-3H3. The lowest BCUT2D eigenvalue weighted by Gasteiger charge is -2.36. The number of methoxy groups -OCH3 is 3. The van der Waals surface area contributed by atoms with Gasteiger partial charge in [0.25, 0.3) is 0 Å². The number of morpholine rings is 1. The largest absolute Gasteiger partial charge is 0.493 e. The molecular formula is C22H33N5O4. The molecule has 0 bridgehead atoms. The smallest absolute Gasteiger partial charge is 0.204 e. The summed E-state index contributed by atoms with van der Waals surface area (Å²) in [7, 11) is 4.87. The third kappa shape index (κ3) is 4.78. The topological polar surface area (TPSA) is 72.4 Å². The first kappa shape index (κ1) is 21.9. The maximum atomic E-state index is 5.72. The summed E-state index contributed by atoms with van der Waals surface area (Å²) in [5.41, 5.74) is 0.785. The van der Waals surface area contributed by atoms with Gasteiger partial charge in [0.15, 0.2) is 11.5 Å². The lowest BCUT2D eigenvalue weighted by molar-refractivity contribution is 0.0360. The van der Waals surface area contributed by atoms with E-state index in [1.165, 1.54) is 6.42 Å². The summed E-state index contributed by atoms with van der Waals surface area (Å²) in [6, 6.07) is 1.88. The number of benzene rings is 1. The molecule has 2 aliphatic rings. The number of anilines is 1. The van der Waals surface area contributed by atoms with E-state index in [-0.39, 0.29) is 0 Å². The Kier molecular flexibility index (Phi) is 7.26. The van der Waals surface area contributed by atoms with Gasteiger partial charge >= 0.3 is 0 Å². The van der Waals surface area contributed by atoms with Gasteiger partial charge in [-0.2, -0.15) is 0 Å². The number of piperazine rings is 1. The zero-order valence-electron chi connectivity index (χ0n) is 18.8. The summed E-state index contributed by atoms with van der Waals surface area (Å²) in [6.07, 6.45) is 2.80. The highest BCUT2D eigenvalue weighted by Crippen LogP contribution is 2.45. The highest BCUT2D eigenvalue weighted by atomic mass is 16.5. The van der Waals surface area contributed by atoms with Crippen molar-refractivity contribution in [3.05, 3.63) is 12.4 Å². The van der Waals surface area contributed by atoms with Crippen LogP contribution in [0.15, 0.2) is 12.4 Å². The molecule has 3 heterocycles. The van der Waals surface area contributed by atoms with Gasteiger partial charge in [-0.1, -0.05) is 0 Å². The van der Waals surface area contributed by atoms with Crippen LogP contribution in [0.2, 0.25) is 0 Å². The van der Waals surface area contributed by atoms with Crippen molar-refractivity contribution in [3.8, 4) is 17.2 Å². The van der Waals surface area contributed by atoms with E-state index >= 15 is 0 Å². The molecule has 4 rings (SSSR count). The highest BCUT2D eigenvalue weighted by Gasteiger charge is 2.25. The van der Waals surface area contributed by atoms with Crippen LogP contribution < -0.4 is 19.1 Å². The first-order chi connectivity index (χ1) is 15.2. The van der Waals surface area contributed by atoms with Crippen molar-refractivity contribution in [2.45, 2.75) is 6.42 Å². The number of ether oxygens (including phenoxy) is 4. The molecule has 2 aliphatic heterocycles. The zero-order chi connectivity index (χ0) is 21.6. The van der Waals surface area contributed by atoms with Gasteiger partial charge in [0.1, 0.15) is 12.1 Å². The van der Waals surface area contributed by atoms with Gasteiger partial charge in [-0.3, -0.25) is 9.80 Å². The summed E-state index contributed by atoms with van der Waals surface area (Å²) in [5, 5.41) is 0.864. The molecule has 0 amide bonds. The molecule has 0 unspecified atom stereocenters. The van der Waals surface area contributed by atoms with Crippen LogP contribution in [-0.2, 0) is 4.74 Å². The molecule has 2 saturated heterocycles. The van der Waals surface area contributed by atoms with E-state index in [4.69, 9.17) is 18.9 Å². The van der Waals surface area contributed by atoms with Crippen LogP contribution in [0, 0.1) is 0 Å². The van der Waals surface area contributed by atoms with Crippen LogP contribution >= 0.6 is 0 Å². The SMILES string of the molecule is COc1cc2ncnc(N3CCN(CCCN4CCOCC4)CC3)c2c(OC)c1OC. The third-order valence-corrected chi connectivity index (χ3v) is 6.13. The van der Waals surface area contributed by atoms with Crippen LogP contribution in [0.1, 0.15) is 6.42 Å². The highest BCUT2D eigenvalue weighted by molar-refractivity contribution is 5.98. The minimum atomic E-state index is 0.565. The van der Waals surface area contributed by atoms with Gasteiger partial charge in [-0.05, 0) is 19.5 Å². The zero-order valence-corrected chi connectivity index (χ0v) is 18.8. The second-order valence-electron chi connectivity index (χ2n) is 7.87. The fourth-order valence-corrected chi connectivity index (χ4v) is 4.44. The Morgan fingerprint density at radius 2 is 1.52 bits per heavy atom. The number of aromatic nitrogens is 2. The van der Waals surface area contributed by atoms with Crippen molar-refractivity contribution >= 4 is 16.7 Å². The maximum absolute atomic E-state index is 5.72. The molecule has 1 aromatic heterocycles. The van der Waals surface area contributed by atoms with Crippen molar-refractivity contribution in [2.75, 3.05) is 91.8 Å². The van der Waals surface area contributed by atoms with Crippen molar-refractivity contribution < 1.29 is 18.9 Å². The van der Waals surface area contributed by atoms with Gasteiger partial charge in [-0.15, -0.1) is 0 Å². The Labute approximate surface area is 183 Å². The minimum absolute atomic E-state index is 0.565. The Morgan fingerprint density at radius 1 is 0.839 bits per heavy atom. The van der Waals surface area contributed by atoms with Gasteiger partial charge < -0.3 is 23.8 Å². The Morgan fingerprint density at radius 3 is 2.16 bits per heavy atom. The van der Waals surface area contributed by atoms with E-state index in [2.05, 4.69) is 24.7 Å². The molecule has 2 aromatic rings. The second-order valence-corrected chi connectivity index (χ2v) is 7.87. The predicted octanol–water partition coefficient (Wildman–Crippen LogP) is 1.50. The molecule has 0 aliphatic carbocycles. The first-order valence-corrected chi connectivity index (χ1v) is 11.0. The number of nitrogens with zero attached hydrogens (tertiary/aromatic N) is 5. The molecule has 2 fully saturated rings. The Bertz CT molecular complexity index is 867. The molecule has 9 nitrogen and oxygen atoms in total. The summed E-state index contributed by atoms with van der Waals surface area (Å²) < 4.78 is 22.2. The average molecular weight is 432 g/mol. The van der Waals surface area contributed by atoms with Crippen molar-refractivity contribution in [1.29, 1.82) is 0 Å². The lowest BCUT2D eigenvalue weighted by atomic mass is 10.1. The molecule has 0 N–H and O–H groups in total. The minimum Gasteiger partial charge on any atom is -0.493 e. The third-order valence-electron chi connectivity index (χ3n) is 6.13. The fourth-order valence-electron chi connectivity index (χ4n) is 4.44. The van der Waals surface area contributed by atoms with Gasteiger partial charge in [-0.25, -0.2) is 9.97 Å². The summed E-state index contributed by atoms with van der Waals surface area (Å²) in [4.78, 5) is 16.4. The van der Waals surface area contributed by atoms with E-state index < -0.39 is 0 Å². The van der Waals surface area contributed by atoms with Crippen LogP contribution in [0.25, 0.3) is 10.9 Å². The molecule has 9 heteroatoms. The molecule has 0 spiro atoms. The van der Waals surface area contributed by atoms with Crippen molar-refractivity contribution in [1.82, 2.24) is 19.8 Å². The molecule has 0 radical (unpaired) electrons. The Balaban J connectivity index is 1.44. The van der Waals surface area contributed by atoms with E-state index in [0.29, 0.717) is 17.2 Å². The van der Waals surface area contributed by atoms with Gasteiger partial charge in [0.2, 0.25) is 5.75 Å². The van der Waals surface area contributed by atoms with Crippen LogP contribution in [0.3, 0.4) is 0 Å². The molecule has 170 valence electrons. The number of fused-ring (bicyclic) bond motifs is 1. The number of rotatable bonds is 8. The van der Waals surface area contributed by atoms with E-state index in [0.717, 1.165) is 82.3 Å². The number of hydrogen-bond donors (Lipinski definition) is 0. The predicted molar refractivity (Wildman–Crippen MR) is 120 cm³/mol. The summed E-state index contributed by atoms with van der Waals surface area (Å²) in [5.74, 6) is 2.66. The molecular weight excluding hydrogens is 398 g/mol. The quantitative estimate of drug-likeness (QED) is 0.618. The van der Waals surface area contributed by atoms with Crippen LogP contribution in [0.4, 0.5) is 5.82 Å². The molecule has 0 saturated carbocycles. The molecule has 0 atom stereocenters. The molecule has 31 heavy (non-hydrogen) atoms. The van der Waals surface area contributed by atoms with Gasteiger partial charge in [0.05, 0.1) is 45.4 Å². The summed E-state index contributed by atoms with van der Waals surface area (Å²) in [6.45, 7) is 10.0.